The number of aromatic nitrogens is 2. The first kappa shape index (κ1) is 27.4. The minimum atomic E-state index is -1.24. The van der Waals surface area contributed by atoms with Gasteiger partial charge in [0.05, 0.1) is 0 Å². The summed E-state index contributed by atoms with van der Waals surface area (Å²) in [5, 5.41) is 2.85. The summed E-state index contributed by atoms with van der Waals surface area (Å²) in [4.78, 5) is 26.5. The molecule has 0 bridgehead atoms. The van der Waals surface area contributed by atoms with Crippen LogP contribution in [0.4, 0.5) is 10.2 Å². The predicted octanol–water partition coefficient (Wildman–Crippen LogP) is 5.82. The minimum Gasteiger partial charge on any atom is -0.361 e. The number of carbonyl (C=O) groups is 1. The van der Waals surface area contributed by atoms with Gasteiger partial charge in [-0.2, -0.15) is 0 Å². The average Bonchev–Trinajstić information content (AvgIpc) is 3.43. The Hall–Kier alpha value is -2.17. The second-order valence-electron chi connectivity index (χ2n) is 10.1. The summed E-state index contributed by atoms with van der Waals surface area (Å²) in [5.74, 6) is 0.774. The third-order valence-electron chi connectivity index (χ3n) is 6.10. The Balaban J connectivity index is 1.88. The van der Waals surface area contributed by atoms with E-state index in [0.717, 1.165) is 37.6 Å². The Morgan fingerprint density at radius 1 is 1.31 bits per heavy atom. The van der Waals surface area contributed by atoms with E-state index >= 15 is 0 Å². The van der Waals surface area contributed by atoms with Crippen molar-refractivity contribution in [3.63, 3.8) is 0 Å². The highest BCUT2D eigenvalue weighted by atomic mass is 79.9. The van der Waals surface area contributed by atoms with Gasteiger partial charge < -0.3 is 14.6 Å². The van der Waals surface area contributed by atoms with E-state index in [1.807, 2.05) is 4.57 Å². The fourth-order valence-electron chi connectivity index (χ4n) is 4.26. The standard InChI is InChI=1S/C25H35BrFN5O2Si/c1-28-21(25(33)30-15-17-12-19(26)14-20(27)13-17)22-23(29-2)31-24(18-8-6-7-9-18)32(22)16-34-10-11-35(3,4)5/h12-14,18H,2,6-11,15-16H2,1,3-5H3,(H,30,33)/b28-21+. The molecule has 1 aliphatic rings. The van der Waals surface area contributed by atoms with Crippen LogP contribution >= 0.6 is 15.9 Å². The highest BCUT2D eigenvalue weighted by Gasteiger charge is 2.30. The van der Waals surface area contributed by atoms with Crippen LogP contribution in [0.5, 0.6) is 0 Å². The number of hydrogen-bond donors (Lipinski definition) is 1. The number of benzene rings is 1. The molecular weight excluding hydrogens is 529 g/mol. The van der Waals surface area contributed by atoms with E-state index in [2.05, 4.69) is 57.6 Å². The maximum absolute atomic E-state index is 13.8. The Morgan fingerprint density at radius 3 is 2.63 bits per heavy atom. The molecule has 0 aliphatic heterocycles. The fraction of sp³-hybridized carbons (Fsp3) is 0.520. The zero-order valence-electron chi connectivity index (χ0n) is 21.0. The molecule has 3 rings (SSSR count). The van der Waals surface area contributed by atoms with Crippen LogP contribution in [0.2, 0.25) is 25.7 Å². The van der Waals surface area contributed by atoms with Gasteiger partial charge in [0.15, 0.2) is 5.82 Å². The van der Waals surface area contributed by atoms with Crippen molar-refractivity contribution >= 4 is 48.2 Å². The van der Waals surface area contributed by atoms with Crippen molar-refractivity contribution in [2.75, 3.05) is 13.7 Å². The zero-order valence-corrected chi connectivity index (χ0v) is 23.6. The number of aliphatic imine (C=N–C) groups is 2. The van der Waals surface area contributed by atoms with Crippen LogP contribution in [-0.2, 0) is 22.8 Å². The number of halogens is 2. The molecule has 1 aromatic heterocycles. The lowest BCUT2D eigenvalue weighted by atomic mass is 10.1. The molecule has 190 valence electrons. The van der Waals surface area contributed by atoms with Crippen molar-refractivity contribution in [1.29, 1.82) is 0 Å². The molecular formula is C25H35BrFN5O2Si. The van der Waals surface area contributed by atoms with Gasteiger partial charge in [-0.15, -0.1) is 0 Å². The first-order valence-corrected chi connectivity index (χ1v) is 16.5. The van der Waals surface area contributed by atoms with Gasteiger partial charge in [-0.1, -0.05) is 48.4 Å². The molecule has 2 aromatic rings. The van der Waals surface area contributed by atoms with Crippen molar-refractivity contribution in [3.8, 4) is 0 Å². The van der Waals surface area contributed by atoms with E-state index in [9.17, 15) is 9.18 Å². The molecule has 0 radical (unpaired) electrons. The van der Waals surface area contributed by atoms with Gasteiger partial charge >= 0.3 is 0 Å². The molecule has 0 saturated heterocycles. The highest BCUT2D eigenvalue weighted by molar-refractivity contribution is 9.10. The van der Waals surface area contributed by atoms with Crippen molar-refractivity contribution < 1.29 is 13.9 Å². The van der Waals surface area contributed by atoms with Gasteiger partial charge in [-0.05, 0) is 49.4 Å². The van der Waals surface area contributed by atoms with E-state index in [1.165, 1.54) is 12.1 Å². The summed E-state index contributed by atoms with van der Waals surface area (Å²) in [5.41, 5.74) is 1.35. The molecule has 1 amide bonds. The topological polar surface area (TPSA) is 80.9 Å². The van der Waals surface area contributed by atoms with Crippen LogP contribution in [0.3, 0.4) is 0 Å². The molecule has 7 nitrogen and oxygen atoms in total. The molecule has 0 atom stereocenters. The quantitative estimate of drug-likeness (QED) is 0.212. The van der Waals surface area contributed by atoms with E-state index < -0.39 is 8.07 Å². The first-order chi connectivity index (χ1) is 16.6. The number of rotatable bonds is 11. The van der Waals surface area contributed by atoms with Crippen LogP contribution in [0.1, 0.15) is 48.7 Å². The summed E-state index contributed by atoms with van der Waals surface area (Å²) in [6.07, 6.45) is 4.39. The number of carbonyl (C=O) groups excluding carboxylic acids is 1. The summed E-state index contributed by atoms with van der Waals surface area (Å²) in [6.45, 7) is 11.7. The number of hydrogen-bond acceptors (Lipinski definition) is 5. The Bertz CT molecular complexity index is 1070. The maximum Gasteiger partial charge on any atom is 0.272 e. The Morgan fingerprint density at radius 2 is 2.03 bits per heavy atom. The third-order valence-corrected chi connectivity index (χ3v) is 8.27. The monoisotopic (exact) mass is 563 g/mol. The molecule has 35 heavy (non-hydrogen) atoms. The summed E-state index contributed by atoms with van der Waals surface area (Å²) >= 11 is 3.29. The van der Waals surface area contributed by atoms with Crippen LogP contribution in [0.25, 0.3) is 0 Å². The average molecular weight is 565 g/mol. The van der Waals surface area contributed by atoms with Crippen LogP contribution < -0.4 is 5.32 Å². The molecule has 10 heteroatoms. The highest BCUT2D eigenvalue weighted by Crippen LogP contribution is 2.36. The maximum atomic E-state index is 13.8. The largest absolute Gasteiger partial charge is 0.361 e. The number of ether oxygens (including phenoxy) is 1. The van der Waals surface area contributed by atoms with Crippen LogP contribution in [-0.4, -0.2) is 49.6 Å². The normalized spacial score (nSPS) is 15.0. The second kappa shape index (κ2) is 12.2. The van der Waals surface area contributed by atoms with E-state index in [0.29, 0.717) is 28.2 Å². The molecule has 0 spiro atoms. The van der Waals surface area contributed by atoms with Crippen LogP contribution in [0, 0.1) is 5.82 Å². The smallest absolute Gasteiger partial charge is 0.272 e. The van der Waals surface area contributed by atoms with Crippen molar-refractivity contribution in [2.45, 2.75) is 70.6 Å². The number of amides is 1. The lowest BCUT2D eigenvalue weighted by Crippen LogP contribution is -2.33. The molecule has 1 aromatic carbocycles. The lowest BCUT2D eigenvalue weighted by Gasteiger charge is -2.19. The van der Waals surface area contributed by atoms with Gasteiger partial charge in [0.25, 0.3) is 5.91 Å². The van der Waals surface area contributed by atoms with E-state index in [1.54, 1.807) is 13.1 Å². The molecule has 1 heterocycles. The number of nitrogens with zero attached hydrogens (tertiary/aromatic N) is 4. The Kier molecular flexibility index (Phi) is 9.54. The van der Waals surface area contributed by atoms with Gasteiger partial charge in [-0.25, -0.2) is 14.4 Å². The molecule has 0 unspecified atom stereocenters. The number of imidazole rings is 1. The minimum absolute atomic E-state index is 0.154. The lowest BCUT2D eigenvalue weighted by molar-refractivity contribution is -0.114. The summed E-state index contributed by atoms with van der Waals surface area (Å²) in [6, 6.07) is 5.56. The van der Waals surface area contributed by atoms with E-state index in [4.69, 9.17) is 9.72 Å². The third kappa shape index (κ3) is 7.41. The van der Waals surface area contributed by atoms with Gasteiger partial charge in [0.2, 0.25) is 0 Å². The molecule has 1 aliphatic carbocycles. The van der Waals surface area contributed by atoms with Crippen molar-refractivity contribution in [2.24, 2.45) is 9.98 Å². The van der Waals surface area contributed by atoms with Gasteiger partial charge in [0.1, 0.15) is 29.8 Å². The SMILES string of the molecule is C=Nc1nc(C2CCCC2)n(COCC[Si](C)(C)C)c1/C(=N\C)C(=O)NCc1cc(F)cc(Br)c1. The van der Waals surface area contributed by atoms with Gasteiger partial charge in [0, 0.05) is 38.7 Å². The summed E-state index contributed by atoms with van der Waals surface area (Å²) < 4.78 is 22.4. The molecule has 1 saturated carbocycles. The number of nitrogens with one attached hydrogen (secondary N) is 1. The predicted molar refractivity (Wildman–Crippen MR) is 145 cm³/mol. The molecule has 1 fully saturated rings. The summed E-state index contributed by atoms with van der Waals surface area (Å²) in [7, 11) is 0.325. The second-order valence-corrected chi connectivity index (χ2v) is 16.6. The van der Waals surface area contributed by atoms with E-state index in [-0.39, 0.29) is 36.6 Å². The Labute approximate surface area is 216 Å². The van der Waals surface area contributed by atoms with Gasteiger partial charge in [-0.3, -0.25) is 9.79 Å². The van der Waals surface area contributed by atoms with Crippen LogP contribution in [0.15, 0.2) is 32.7 Å². The zero-order chi connectivity index (χ0) is 25.6. The molecule has 1 N–H and O–H groups in total. The fourth-order valence-corrected chi connectivity index (χ4v) is 5.53. The van der Waals surface area contributed by atoms with Crippen molar-refractivity contribution in [1.82, 2.24) is 14.9 Å². The first-order valence-electron chi connectivity index (χ1n) is 12.0. The van der Waals surface area contributed by atoms with Crippen molar-refractivity contribution in [3.05, 3.63) is 45.6 Å².